The van der Waals surface area contributed by atoms with Crippen molar-refractivity contribution in [2.24, 2.45) is 0 Å². The number of ether oxygens (including phenoxy) is 1. The van der Waals surface area contributed by atoms with Crippen molar-refractivity contribution in [2.45, 2.75) is 46.1 Å². The Morgan fingerprint density at radius 2 is 2.04 bits per heavy atom. The molecule has 0 aromatic heterocycles. The van der Waals surface area contributed by atoms with Crippen LogP contribution in [0.4, 0.5) is 5.69 Å². The topological polar surface area (TPSA) is 89.6 Å². The molecule has 2 rings (SSSR count). The molecule has 0 saturated heterocycles. The lowest BCUT2D eigenvalue weighted by Crippen LogP contribution is -2.10. The van der Waals surface area contributed by atoms with Crippen LogP contribution in [0.3, 0.4) is 0 Å². The minimum absolute atomic E-state index is 0.104. The first-order valence-corrected chi connectivity index (χ1v) is 7.94. The van der Waals surface area contributed by atoms with Crippen LogP contribution in [0.2, 0.25) is 0 Å². The highest BCUT2D eigenvalue weighted by Crippen LogP contribution is 2.36. The second kappa shape index (κ2) is 7.34. The number of hydrogen-bond acceptors (Lipinski definition) is 4. The van der Waals surface area contributed by atoms with E-state index < -0.39 is 5.97 Å². The third-order valence-corrected chi connectivity index (χ3v) is 4.45. The van der Waals surface area contributed by atoms with E-state index in [0.717, 1.165) is 27.8 Å². The molecule has 1 aromatic rings. The number of esters is 1. The number of rotatable bonds is 7. The molecule has 1 heterocycles. The maximum Gasteiger partial charge on any atom is 0.341 e. The molecular formula is C19H23NO4. The van der Waals surface area contributed by atoms with Crippen molar-refractivity contribution in [3.63, 3.8) is 0 Å². The number of carboxylic acids is 1. The van der Waals surface area contributed by atoms with Gasteiger partial charge in [-0.05, 0) is 49.8 Å². The van der Waals surface area contributed by atoms with Gasteiger partial charge in [-0.2, -0.15) is 0 Å². The predicted molar refractivity (Wildman–Crippen MR) is 92.9 cm³/mol. The van der Waals surface area contributed by atoms with Crippen LogP contribution in [0.25, 0.3) is 0 Å². The van der Waals surface area contributed by atoms with E-state index in [1.165, 1.54) is 0 Å². The van der Waals surface area contributed by atoms with Crippen LogP contribution in [-0.2, 0) is 29.0 Å². The monoisotopic (exact) mass is 329 g/mol. The second-order valence-corrected chi connectivity index (χ2v) is 6.07. The standard InChI is InChI=1S/C19H23NO4/c1-4-5-13-12(3)15-10-24-19(23)17(15)18(20)14(13)8-6-11(2)7-9-16(21)22/h4,6H,1,5,7-10,20H2,2-3H3,(H,21,22)/b11-6+. The van der Waals surface area contributed by atoms with E-state index in [2.05, 4.69) is 6.58 Å². The summed E-state index contributed by atoms with van der Waals surface area (Å²) in [4.78, 5) is 22.6. The molecule has 0 unspecified atom stereocenters. The van der Waals surface area contributed by atoms with Gasteiger partial charge >= 0.3 is 11.9 Å². The summed E-state index contributed by atoms with van der Waals surface area (Å²) in [6.07, 6.45) is 5.62. The van der Waals surface area contributed by atoms with Crippen LogP contribution < -0.4 is 5.73 Å². The molecule has 0 radical (unpaired) electrons. The number of anilines is 1. The quantitative estimate of drug-likeness (QED) is 0.455. The summed E-state index contributed by atoms with van der Waals surface area (Å²) in [6, 6.07) is 0. The summed E-state index contributed by atoms with van der Waals surface area (Å²) in [6.45, 7) is 7.95. The Morgan fingerprint density at radius 3 is 2.67 bits per heavy atom. The third-order valence-electron chi connectivity index (χ3n) is 4.45. The highest BCUT2D eigenvalue weighted by Gasteiger charge is 2.29. The number of aliphatic carboxylic acids is 1. The van der Waals surface area contributed by atoms with Gasteiger partial charge in [-0.15, -0.1) is 6.58 Å². The molecule has 0 saturated carbocycles. The number of hydrogen-bond donors (Lipinski definition) is 2. The smallest absolute Gasteiger partial charge is 0.341 e. The fourth-order valence-corrected chi connectivity index (χ4v) is 3.03. The summed E-state index contributed by atoms with van der Waals surface area (Å²) in [5.74, 6) is -1.19. The van der Waals surface area contributed by atoms with E-state index in [1.54, 1.807) is 0 Å². The zero-order valence-electron chi connectivity index (χ0n) is 14.1. The van der Waals surface area contributed by atoms with Gasteiger partial charge in [0.15, 0.2) is 0 Å². The normalized spacial score (nSPS) is 13.6. The summed E-state index contributed by atoms with van der Waals surface area (Å²) >= 11 is 0. The fraction of sp³-hybridized carbons (Fsp3) is 0.368. The van der Waals surface area contributed by atoms with Crippen LogP contribution in [0.1, 0.15) is 52.4 Å². The van der Waals surface area contributed by atoms with Crippen molar-refractivity contribution < 1.29 is 19.4 Å². The maximum absolute atomic E-state index is 12.0. The highest BCUT2D eigenvalue weighted by atomic mass is 16.5. The lowest BCUT2D eigenvalue weighted by molar-refractivity contribution is -0.136. The van der Waals surface area contributed by atoms with E-state index in [-0.39, 0.29) is 19.0 Å². The first-order chi connectivity index (χ1) is 11.4. The van der Waals surface area contributed by atoms with Crippen molar-refractivity contribution in [1.82, 2.24) is 0 Å². The summed E-state index contributed by atoms with van der Waals surface area (Å²) in [5.41, 5.74) is 12.1. The average molecular weight is 329 g/mol. The van der Waals surface area contributed by atoms with Gasteiger partial charge in [-0.1, -0.05) is 17.7 Å². The molecule has 5 heteroatoms. The van der Waals surface area contributed by atoms with Crippen molar-refractivity contribution in [3.8, 4) is 0 Å². The van der Waals surface area contributed by atoms with E-state index in [1.807, 2.05) is 26.0 Å². The number of nitrogens with two attached hydrogens (primary N) is 1. The SMILES string of the molecule is C=CCc1c(C)c2c(c(N)c1C/C=C(\C)CCC(=O)O)C(=O)OC2. The Kier molecular flexibility index (Phi) is 5.44. The largest absolute Gasteiger partial charge is 0.481 e. The first kappa shape index (κ1) is 17.8. The summed E-state index contributed by atoms with van der Waals surface area (Å²) < 4.78 is 5.14. The molecule has 0 amide bonds. The van der Waals surface area contributed by atoms with Crippen molar-refractivity contribution in [1.29, 1.82) is 0 Å². The van der Waals surface area contributed by atoms with Crippen LogP contribution >= 0.6 is 0 Å². The van der Waals surface area contributed by atoms with Crippen LogP contribution in [0, 0.1) is 6.92 Å². The number of cyclic esters (lactones) is 1. The van der Waals surface area contributed by atoms with Crippen LogP contribution in [-0.4, -0.2) is 17.0 Å². The molecule has 0 spiro atoms. The molecule has 1 aliphatic heterocycles. The van der Waals surface area contributed by atoms with Gasteiger partial charge in [0.25, 0.3) is 0 Å². The Bertz CT molecular complexity index is 732. The molecule has 0 aliphatic carbocycles. The van der Waals surface area contributed by atoms with E-state index in [9.17, 15) is 9.59 Å². The van der Waals surface area contributed by atoms with Gasteiger partial charge < -0.3 is 15.6 Å². The van der Waals surface area contributed by atoms with Crippen molar-refractivity contribution >= 4 is 17.6 Å². The predicted octanol–water partition coefficient (Wildman–Crippen LogP) is 3.33. The number of carboxylic acid groups (broad SMARTS) is 1. The Hall–Kier alpha value is -2.56. The van der Waals surface area contributed by atoms with Gasteiger partial charge in [0.05, 0.1) is 11.3 Å². The maximum atomic E-state index is 12.0. The minimum Gasteiger partial charge on any atom is -0.481 e. The minimum atomic E-state index is -0.814. The molecule has 1 aliphatic rings. The Balaban J connectivity index is 2.41. The average Bonchev–Trinajstić information content (AvgIpc) is 2.92. The molecule has 24 heavy (non-hydrogen) atoms. The Labute approximate surface area is 141 Å². The van der Waals surface area contributed by atoms with Crippen molar-refractivity contribution in [2.75, 3.05) is 5.73 Å². The number of nitrogen functional groups attached to an aromatic ring is 1. The van der Waals surface area contributed by atoms with Gasteiger partial charge in [-0.3, -0.25) is 4.79 Å². The molecule has 0 bridgehead atoms. The molecule has 128 valence electrons. The van der Waals surface area contributed by atoms with Gasteiger partial charge in [0.2, 0.25) is 0 Å². The highest BCUT2D eigenvalue weighted by molar-refractivity contribution is 6.00. The molecular weight excluding hydrogens is 306 g/mol. The number of carbonyl (C=O) groups is 2. The molecule has 5 nitrogen and oxygen atoms in total. The van der Waals surface area contributed by atoms with Gasteiger partial charge in [0, 0.05) is 12.0 Å². The molecule has 0 atom stereocenters. The molecule has 1 aromatic carbocycles. The molecule has 3 N–H and O–H groups in total. The number of benzene rings is 1. The lowest BCUT2D eigenvalue weighted by Gasteiger charge is -2.17. The molecule has 0 fully saturated rings. The summed E-state index contributed by atoms with van der Waals surface area (Å²) in [7, 11) is 0. The Morgan fingerprint density at radius 1 is 1.33 bits per heavy atom. The number of carbonyl (C=O) groups excluding carboxylic acids is 1. The zero-order chi connectivity index (χ0) is 17.9. The summed E-state index contributed by atoms with van der Waals surface area (Å²) in [5, 5.41) is 8.77. The second-order valence-electron chi connectivity index (χ2n) is 6.07. The van der Waals surface area contributed by atoms with Crippen LogP contribution in [0.5, 0.6) is 0 Å². The van der Waals surface area contributed by atoms with Crippen molar-refractivity contribution in [3.05, 3.63) is 52.1 Å². The van der Waals surface area contributed by atoms with E-state index in [4.69, 9.17) is 15.6 Å². The first-order valence-electron chi connectivity index (χ1n) is 7.94. The number of fused-ring (bicyclic) bond motifs is 1. The number of allylic oxidation sites excluding steroid dienone is 3. The van der Waals surface area contributed by atoms with E-state index in [0.29, 0.717) is 30.5 Å². The zero-order valence-corrected chi connectivity index (χ0v) is 14.1. The fourth-order valence-electron chi connectivity index (χ4n) is 3.03. The van der Waals surface area contributed by atoms with Gasteiger partial charge in [-0.25, -0.2) is 4.79 Å². The van der Waals surface area contributed by atoms with Gasteiger partial charge in [0.1, 0.15) is 6.61 Å². The van der Waals surface area contributed by atoms with Crippen LogP contribution in [0.15, 0.2) is 24.3 Å². The van der Waals surface area contributed by atoms with E-state index >= 15 is 0 Å². The third kappa shape index (κ3) is 3.50. The lowest BCUT2D eigenvalue weighted by atomic mass is 9.88.